The second-order valence-corrected chi connectivity index (χ2v) is 3.15. The van der Waals surface area contributed by atoms with Crippen LogP contribution in [0.15, 0.2) is 0 Å². The summed E-state index contributed by atoms with van der Waals surface area (Å²) in [5.41, 5.74) is -0.268. The third kappa shape index (κ3) is 3.49. The molecule has 0 saturated carbocycles. The van der Waals surface area contributed by atoms with Crippen molar-refractivity contribution in [1.82, 2.24) is 0 Å². The Morgan fingerprint density at radius 2 is 1.89 bits per heavy atom. The van der Waals surface area contributed by atoms with Crippen LogP contribution in [0.3, 0.4) is 0 Å². The zero-order chi connectivity index (χ0) is 7.49. The lowest BCUT2D eigenvalue weighted by Crippen LogP contribution is -2.27. The van der Waals surface area contributed by atoms with Gasteiger partial charge < -0.3 is 4.74 Å². The van der Waals surface area contributed by atoms with E-state index in [0.717, 1.165) is 0 Å². The second-order valence-electron chi connectivity index (χ2n) is 3.15. The summed E-state index contributed by atoms with van der Waals surface area (Å²) in [4.78, 5) is 0. The molecule has 0 bridgehead atoms. The second kappa shape index (κ2) is 3.18. The fourth-order valence-corrected chi connectivity index (χ4v) is 0.401. The highest BCUT2D eigenvalue weighted by atomic mass is 16.6. The van der Waals surface area contributed by atoms with Crippen molar-refractivity contribution in [2.75, 3.05) is 6.61 Å². The van der Waals surface area contributed by atoms with Gasteiger partial charge in [-0.2, -0.15) is 0 Å². The van der Waals surface area contributed by atoms with Gasteiger partial charge in [-0.15, -0.1) is 0 Å². The molecule has 1 radical (unpaired) electrons. The van der Waals surface area contributed by atoms with Crippen molar-refractivity contribution >= 4 is 0 Å². The molecule has 0 heterocycles. The van der Waals surface area contributed by atoms with Gasteiger partial charge in [-0.3, -0.25) is 0 Å². The standard InChI is InChI=1S/C7H15O2/c1-5-9-6(8)7(2,3)4/h6H,5H2,1-4H3. The van der Waals surface area contributed by atoms with E-state index in [0.29, 0.717) is 6.61 Å². The summed E-state index contributed by atoms with van der Waals surface area (Å²) in [7, 11) is 0. The van der Waals surface area contributed by atoms with Gasteiger partial charge in [0, 0.05) is 12.0 Å². The zero-order valence-electron chi connectivity index (χ0n) is 6.60. The van der Waals surface area contributed by atoms with Gasteiger partial charge in [0.2, 0.25) is 0 Å². The van der Waals surface area contributed by atoms with Crippen molar-refractivity contribution in [1.29, 1.82) is 0 Å². The molecule has 0 rings (SSSR count). The van der Waals surface area contributed by atoms with Crippen molar-refractivity contribution in [3.63, 3.8) is 0 Å². The molecule has 0 N–H and O–H groups in total. The molecular weight excluding hydrogens is 116 g/mol. The van der Waals surface area contributed by atoms with Gasteiger partial charge in [0.05, 0.1) is 0 Å². The van der Waals surface area contributed by atoms with Crippen molar-refractivity contribution in [3.8, 4) is 0 Å². The van der Waals surface area contributed by atoms with Gasteiger partial charge in [-0.1, -0.05) is 20.8 Å². The van der Waals surface area contributed by atoms with Crippen LogP contribution in [0.5, 0.6) is 0 Å². The quantitative estimate of drug-likeness (QED) is 0.525. The summed E-state index contributed by atoms with van der Waals surface area (Å²) in [6.07, 6.45) is -0.887. The Bertz CT molecular complexity index is 73.5. The molecular formula is C7H15O2. The third-order valence-electron chi connectivity index (χ3n) is 1.03. The molecule has 55 valence electrons. The molecule has 0 fully saturated rings. The summed E-state index contributed by atoms with van der Waals surface area (Å²) in [6, 6.07) is 0. The van der Waals surface area contributed by atoms with Gasteiger partial charge in [-0.05, 0) is 6.92 Å². The van der Waals surface area contributed by atoms with Crippen LogP contribution in [0.2, 0.25) is 0 Å². The van der Waals surface area contributed by atoms with E-state index >= 15 is 0 Å². The Morgan fingerprint density at radius 1 is 1.44 bits per heavy atom. The normalized spacial score (nSPS) is 15.7. The molecule has 9 heavy (non-hydrogen) atoms. The fraction of sp³-hybridized carbons (Fsp3) is 1.00. The van der Waals surface area contributed by atoms with Crippen molar-refractivity contribution in [2.24, 2.45) is 5.41 Å². The van der Waals surface area contributed by atoms with Gasteiger partial charge in [0.1, 0.15) is 0 Å². The van der Waals surface area contributed by atoms with E-state index in [-0.39, 0.29) is 5.41 Å². The topological polar surface area (TPSA) is 29.1 Å². The van der Waals surface area contributed by atoms with Crippen molar-refractivity contribution in [2.45, 2.75) is 34.0 Å². The van der Waals surface area contributed by atoms with Crippen molar-refractivity contribution in [3.05, 3.63) is 0 Å². The monoisotopic (exact) mass is 131 g/mol. The van der Waals surface area contributed by atoms with Crippen LogP contribution in [0.25, 0.3) is 0 Å². The number of rotatable bonds is 2. The van der Waals surface area contributed by atoms with E-state index in [1.165, 1.54) is 0 Å². The lowest BCUT2D eigenvalue weighted by atomic mass is 9.96. The molecule has 0 aromatic carbocycles. The Balaban J connectivity index is 3.59. The summed E-state index contributed by atoms with van der Waals surface area (Å²) in [6.45, 7) is 7.96. The molecule has 0 spiro atoms. The van der Waals surface area contributed by atoms with E-state index in [1.54, 1.807) is 0 Å². The van der Waals surface area contributed by atoms with Crippen LogP contribution in [0, 0.1) is 5.41 Å². The molecule has 0 aromatic heterocycles. The van der Waals surface area contributed by atoms with Crippen LogP contribution < -0.4 is 0 Å². The molecule has 0 aliphatic carbocycles. The molecule has 0 aliphatic rings. The van der Waals surface area contributed by atoms with Crippen LogP contribution in [0.4, 0.5) is 0 Å². The Kier molecular flexibility index (Phi) is 3.15. The number of hydrogen-bond donors (Lipinski definition) is 0. The summed E-state index contributed by atoms with van der Waals surface area (Å²) in [5, 5.41) is 10.9. The maximum absolute atomic E-state index is 10.9. The molecule has 2 heteroatoms. The minimum atomic E-state index is -0.887. The largest absolute Gasteiger partial charge is 0.350 e. The summed E-state index contributed by atoms with van der Waals surface area (Å²) >= 11 is 0. The fourth-order valence-electron chi connectivity index (χ4n) is 0.401. The van der Waals surface area contributed by atoms with E-state index < -0.39 is 6.29 Å². The predicted octanol–water partition coefficient (Wildman–Crippen LogP) is 1.83. The minimum absolute atomic E-state index is 0.268. The smallest absolute Gasteiger partial charge is 0.196 e. The Labute approximate surface area is 56.8 Å². The number of ether oxygens (including phenoxy) is 1. The van der Waals surface area contributed by atoms with Crippen LogP contribution in [0.1, 0.15) is 27.7 Å². The molecule has 0 saturated heterocycles. The Morgan fingerprint density at radius 3 is 2.00 bits per heavy atom. The lowest BCUT2D eigenvalue weighted by Gasteiger charge is -2.22. The van der Waals surface area contributed by atoms with Crippen LogP contribution in [-0.2, 0) is 9.84 Å². The minimum Gasteiger partial charge on any atom is -0.350 e. The van der Waals surface area contributed by atoms with Gasteiger partial charge in [0.15, 0.2) is 6.29 Å². The zero-order valence-corrected chi connectivity index (χ0v) is 6.60. The highest BCUT2D eigenvalue weighted by molar-refractivity contribution is 4.63. The first-order valence-electron chi connectivity index (χ1n) is 3.26. The van der Waals surface area contributed by atoms with Gasteiger partial charge >= 0.3 is 0 Å². The lowest BCUT2D eigenvalue weighted by molar-refractivity contribution is -0.192. The summed E-state index contributed by atoms with van der Waals surface area (Å²) < 4.78 is 4.85. The van der Waals surface area contributed by atoms with E-state index in [9.17, 15) is 5.11 Å². The van der Waals surface area contributed by atoms with Gasteiger partial charge in [-0.25, -0.2) is 5.11 Å². The first kappa shape index (κ1) is 8.92. The highest BCUT2D eigenvalue weighted by Gasteiger charge is 2.23. The molecule has 1 unspecified atom stereocenters. The van der Waals surface area contributed by atoms with Crippen molar-refractivity contribution < 1.29 is 9.84 Å². The third-order valence-corrected chi connectivity index (χ3v) is 1.03. The van der Waals surface area contributed by atoms with E-state index in [2.05, 4.69) is 0 Å². The average Bonchev–Trinajstić information content (AvgIpc) is 1.64. The van der Waals surface area contributed by atoms with Gasteiger partial charge in [0.25, 0.3) is 0 Å². The maximum Gasteiger partial charge on any atom is 0.196 e. The molecule has 0 amide bonds. The summed E-state index contributed by atoms with van der Waals surface area (Å²) in [5.74, 6) is 0. The Hall–Kier alpha value is -0.0800. The average molecular weight is 131 g/mol. The number of hydrogen-bond acceptors (Lipinski definition) is 1. The van der Waals surface area contributed by atoms with Crippen LogP contribution >= 0.6 is 0 Å². The highest BCUT2D eigenvalue weighted by Crippen LogP contribution is 2.19. The molecule has 2 nitrogen and oxygen atoms in total. The predicted molar refractivity (Wildman–Crippen MR) is 35.6 cm³/mol. The maximum atomic E-state index is 10.9. The SMILES string of the molecule is CCOC([O])C(C)(C)C. The molecule has 0 aromatic rings. The van der Waals surface area contributed by atoms with Crippen LogP contribution in [-0.4, -0.2) is 12.9 Å². The molecule has 1 atom stereocenters. The van der Waals surface area contributed by atoms with E-state index in [1.807, 2.05) is 27.7 Å². The first-order valence-corrected chi connectivity index (χ1v) is 3.26. The first-order chi connectivity index (χ1) is 3.98. The molecule has 0 aliphatic heterocycles. The van der Waals surface area contributed by atoms with E-state index in [4.69, 9.17) is 4.74 Å².